The van der Waals surface area contributed by atoms with Crippen molar-refractivity contribution < 1.29 is 9.53 Å². The van der Waals surface area contributed by atoms with Crippen molar-refractivity contribution in [1.82, 2.24) is 5.32 Å². The molecule has 2 saturated heterocycles. The van der Waals surface area contributed by atoms with Gasteiger partial charge in [-0.25, -0.2) is 4.79 Å². The van der Waals surface area contributed by atoms with Crippen LogP contribution >= 0.6 is 0 Å². The highest BCUT2D eigenvalue weighted by Gasteiger charge is 2.33. The van der Waals surface area contributed by atoms with Crippen molar-refractivity contribution in [3.05, 3.63) is 53.6 Å². The molecule has 142 valence electrons. The number of benzene rings is 2. The fourth-order valence-corrected chi connectivity index (χ4v) is 4.39. The summed E-state index contributed by atoms with van der Waals surface area (Å²) < 4.78 is 5.57. The average Bonchev–Trinajstić information content (AvgIpc) is 3.00. The van der Waals surface area contributed by atoms with Gasteiger partial charge >= 0.3 is 6.09 Å². The summed E-state index contributed by atoms with van der Waals surface area (Å²) in [6, 6.07) is 15.7. The van der Waals surface area contributed by atoms with Crippen molar-refractivity contribution in [3.8, 4) is 11.1 Å². The molecule has 27 heavy (non-hydrogen) atoms. The van der Waals surface area contributed by atoms with Crippen LogP contribution in [0.2, 0.25) is 0 Å². The molecule has 2 aromatic rings. The van der Waals surface area contributed by atoms with Gasteiger partial charge in [0, 0.05) is 17.6 Å². The number of aryl methyl sites for hydroxylation is 2. The quantitative estimate of drug-likeness (QED) is 0.798. The van der Waals surface area contributed by atoms with Crippen molar-refractivity contribution in [2.24, 2.45) is 5.92 Å². The number of rotatable bonds is 4. The number of piperidine rings is 1. The Balaban J connectivity index is 1.41. The molecular weight excluding hydrogens is 336 g/mol. The third-order valence-corrected chi connectivity index (χ3v) is 5.80. The van der Waals surface area contributed by atoms with Crippen LogP contribution < -0.4 is 10.6 Å². The highest BCUT2D eigenvalue weighted by molar-refractivity contribution is 5.91. The lowest BCUT2D eigenvalue weighted by Gasteiger charge is -2.28. The maximum absolute atomic E-state index is 12.4. The Morgan fingerprint density at radius 3 is 2.41 bits per heavy atom. The van der Waals surface area contributed by atoms with Crippen LogP contribution in [-0.4, -0.2) is 24.8 Å². The topological polar surface area (TPSA) is 50.4 Å². The van der Waals surface area contributed by atoms with E-state index in [0.717, 1.165) is 35.2 Å². The third kappa shape index (κ3) is 4.33. The molecule has 2 aliphatic heterocycles. The summed E-state index contributed by atoms with van der Waals surface area (Å²) in [7, 11) is 0. The molecular formula is C23H28N2O2. The summed E-state index contributed by atoms with van der Waals surface area (Å²) in [5, 5.41) is 6.58. The molecule has 4 heteroatoms. The van der Waals surface area contributed by atoms with E-state index < -0.39 is 0 Å². The molecule has 0 aromatic heterocycles. The zero-order chi connectivity index (χ0) is 18.8. The van der Waals surface area contributed by atoms with E-state index >= 15 is 0 Å². The van der Waals surface area contributed by atoms with Gasteiger partial charge < -0.3 is 10.1 Å². The highest BCUT2D eigenvalue weighted by Crippen LogP contribution is 2.32. The smallest absolute Gasteiger partial charge is 0.411 e. The fourth-order valence-electron chi connectivity index (χ4n) is 4.39. The van der Waals surface area contributed by atoms with Crippen LogP contribution in [0, 0.1) is 19.8 Å². The zero-order valence-corrected chi connectivity index (χ0v) is 16.1. The average molecular weight is 364 g/mol. The second kappa shape index (κ2) is 7.73. The molecule has 2 aromatic carbocycles. The van der Waals surface area contributed by atoms with Crippen molar-refractivity contribution in [2.75, 3.05) is 11.9 Å². The normalized spacial score (nSPS) is 23.9. The standard InChI is InChI=1S/C23H28N2O2/c1-15-3-6-18(7-4-15)21-11-16(2)5-10-22(21)25-23(26)27-14-17-12-19-8-9-20(13-17)24-19/h3-7,10-11,17,19-20,24H,8-9,12-14H2,1-2H3,(H,25,26). The Hall–Kier alpha value is -2.33. The number of amides is 1. The molecule has 0 saturated carbocycles. The van der Waals surface area contributed by atoms with Gasteiger partial charge in [0.05, 0.1) is 12.3 Å². The van der Waals surface area contributed by atoms with Crippen LogP contribution in [0.5, 0.6) is 0 Å². The van der Waals surface area contributed by atoms with E-state index in [4.69, 9.17) is 4.74 Å². The molecule has 2 bridgehead atoms. The van der Waals surface area contributed by atoms with Gasteiger partial charge in [0.15, 0.2) is 0 Å². The number of hydrogen-bond donors (Lipinski definition) is 2. The first-order chi connectivity index (χ1) is 13.1. The number of carbonyl (C=O) groups is 1. The Labute approximate surface area is 161 Å². The molecule has 2 atom stereocenters. The predicted molar refractivity (Wildman–Crippen MR) is 109 cm³/mol. The summed E-state index contributed by atoms with van der Waals surface area (Å²) in [5.74, 6) is 0.476. The van der Waals surface area contributed by atoms with E-state index in [2.05, 4.69) is 54.8 Å². The maximum Gasteiger partial charge on any atom is 0.411 e. The van der Waals surface area contributed by atoms with Crippen molar-refractivity contribution in [3.63, 3.8) is 0 Å². The van der Waals surface area contributed by atoms with Gasteiger partial charge in [0.25, 0.3) is 0 Å². The highest BCUT2D eigenvalue weighted by atomic mass is 16.5. The Morgan fingerprint density at radius 1 is 1.04 bits per heavy atom. The van der Waals surface area contributed by atoms with Crippen LogP contribution in [0.4, 0.5) is 10.5 Å². The minimum Gasteiger partial charge on any atom is -0.449 e. The van der Waals surface area contributed by atoms with Crippen LogP contribution in [0.3, 0.4) is 0 Å². The second-order valence-electron chi connectivity index (χ2n) is 8.11. The van der Waals surface area contributed by atoms with Crippen molar-refractivity contribution in [1.29, 1.82) is 0 Å². The number of carbonyl (C=O) groups excluding carboxylic acids is 1. The SMILES string of the molecule is Cc1ccc(-c2cc(C)ccc2NC(=O)OCC2CC3CCC(C2)N3)cc1. The van der Waals surface area contributed by atoms with Gasteiger partial charge in [-0.1, -0.05) is 41.5 Å². The van der Waals surface area contributed by atoms with Crippen molar-refractivity contribution in [2.45, 2.75) is 51.6 Å². The summed E-state index contributed by atoms with van der Waals surface area (Å²) in [4.78, 5) is 12.4. The summed E-state index contributed by atoms with van der Waals surface area (Å²) >= 11 is 0. The summed E-state index contributed by atoms with van der Waals surface area (Å²) in [6.45, 7) is 4.64. The molecule has 4 nitrogen and oxygen atoms in total. The molecule has 0 aliphatic carbocycles. The van der Waals surface area contributed by atoms with Gasteiger partial charge in [-0.15, -0.1) is 0 Å². The van der Waals surface area contributed by atoms with E-state index in [1.165, 1.54) is 18.4 Å². The molecule has 1 amide bonds. The summed E-state index contributed by atoms with van der Waals surface area (Å²) in [5.41, 5.74) is 5.28. The number of fused-ring (bicyclic) bond motifs is 2. The number of ether oxygens (including phenoxy) is 1. The van der Waals surface area contributed by atoms with Crippen LogP contribution in [0.15, 0.2) is 42.5 Å². The molecule has 2 unspecified atom stereocenters. The van der Waals surface area contributed by atoms with E-state index in [0.29, 0.717) is 24.6 Å². The Morgan fingerprint density at radius 2 is 1.70 bits per heavy atom. The Bertz CT molecular complexity index is 804. The second-order valence-corrected chi connectivity index (χ2v) is 8.11. The van der Waals surface area contributed by atoms with E-state index in [9.17, 15) is 4.79 Å². The third-order valence-electron chi connectivity index (χ3n) is 5.80. The predicted octanol–water partition coefficient (Wildman–Crippen LogP) is 5.05. The molecule has 2 heterocycles. The van der Waals surface area contributed by atoms with E-state index in [-0.39, 0.29) is 6.09 Å². The lowest BCUT2D eigenvalue weighted by molar-refractivity contribution is 0.122. The molecule has 2 N–H and O–H groups in total. The van der Waals surface area contributed by atoms with Gasteiger partial charge in [-0.3, -0.25) is 5.32 Å². The number of hydrogen-bond acceptors (Lipinski definition) is 3. The lowest BCUT2D eigenvalue weighted by Crippen LogP contribution is -2.39. The van der Waals surface area contributed by atoms with Gasteiger partial charge in [-0.2, -0.15) is 0 Å². The van der Waals surface area contributed by atoms with Gasteiger partial charge in [0.2, 0.25) is 0 Å². The largest absolute Gasteiger partial charge is 0.449 e. The first kappa shape index (κ1) is 18.1. The minimum atomic E-state index is -0.363. The van der Waals surface area contributed by atoms with Crippen LogP contribution in [-0.2, 0) is 4.74 Å². The van der Waals surface area contributed by atoms with E-state index in [1.54, 1.807) is 0 Å². The minimum absolute atomic E-state index is 0.363. The first-order valence-electron chi connectivity index (χ1n) is 9.94. The maximum atomic E-state index is 12.4. The van der Waals surface area contributed by atoms with E-state index in [1.807, 2.05) is 12.1 Å². The summed E-state index contributed by atoms with van der Waals surface area (Å²) in [6.07, 6.45) is 4.39. The van der Waals surface area contributed by atoms with Crippen LogP contribution in [0.25, 0.3) is 11.1 Å². The molecule has 0 spiro atoms. The number of nitrogens with one attached hydrogen (secondary N) is 2. The monoisotopic (exact) mass is 364 g/mol. The van der Waals surface area contributed by atoms with Gasteiger partial charge in [0.1, 0.15) is 0 Å². The Kier molecular flexibility index (Phi) is 5.17. The first-order valence-corrected chi connectivity index (χ1v) is 9.94. The lowest BCUT2D eigenvalue weighted by atomic mass is 9.93. The van der Waals surface area contributed by atoms with Crippen molar-refractivity contribution >= 4 is 11.8 Å². The fraction of sp³-hybridized carbons (Fsp3) is 0.435. The number of anilines is 1. The molecule has 0 radical (unpaired) electrons. The zero-order valence-electron chi connectivity index (χ0n) is 16.1. The molecule has 2 fully saturated rings. The van der Waals surface area contributed by atoms with Crippen LogP contribution in [0.1, 0.15) is 36.8 Å². The molecule has 4 rings (SSSR count). The van der Waals surface area contributed by atoms with Gasteiger partial charge in [-0.05, 0) is 63.1 Å². The molecule has 2 aliphatic rings.